The summed E-state index contributed by atoms with van der Waals surface area (Å²) in [6, 6.07) is 45.0. The van der Waals surface area contributed by atoms with Crippen LogP contribution >= 0.6 is 0 Å². The van der Waals surface area contributed by atoms with E-state index in [9.17, 15) is 0 Å². The van der Waals surface area contributed by atoms with Crippen LogP contribution in [-0.4, -0.2) is 37.6 Å². The second-order valence-corrected chi connectivity index (χ2v) is 12.0. The van der Waals surface area contributed by atoms with E-state index >= 15 is 0 Å². The normalized spacial score (nSPS) is 14.0. The SMILES string of the molecule is CC1(COCCCCOc2cccc(N(c3ccccc3)c3cccc(-n4c5ccccc5c5ccccc54)c3)c2)COC1. The smallest absolute Gasteiger partial charge is 0.121 e. The van der Waals surface area contributed by atoms with Crippen molar-refractivity contribution in [1.29, 1.82) is 0 Å². The molecule has 0 amide bonds. The predicted molar refractivity (Wildman–Crippen MR) is 180 cm³/mol. The summed E-state index contributed by atoms with van der Waals surface area (Å²) in [6.07, 6.45) is 1.92. The van der Waals surface area contributed by atoms with E-state index in [1.165, 1.54) is 21.8 Å². The molecule has 6 aromatic rings. The topological polar surface area (TPSA) is 35.9 Å². The molecule has 7 rings (SSSR count). The third-order valence-corrected chi connectivity index (χ3v) is 8.32. The van der Waals surface area contributed by atoms with Crippen LogP contribution in [0.3, 0.4) is 0 Å². The maximum absolute atomic E-state index is 6.22. The Kier molecular flexibility index (Phi) is 8.06. The molecule has 5 heteroatoms. The molecule has 0 bridgehead atoms. The number of hydrogen-bond acceptors (Lipinski definition) is 4. The van der Waals surface area contributed by atoms with Crippen LogP contribution in [-0.2, 0) is 9.47 Å². The number of unbranched alkanes of at least 4 members (excludes halogenated alkanes) is 1. The summed E-state index contributed by atoms with van der Waals surface area (Å²) >= 11 is 0. The molecule has 0 radical (unpaired) electrons. The van der Waals surface area contributed by atoms with Gasteiger partial charge in [-0.25, -0.2) is 0 Å². The van der Waals surface area contributed by atoms with E-state index in [-0.39, 0.29) is 5.41 Å². The van der Waals surface area contributed by atoms with Crippen LogP contribution in [0.15, 0.2) is 127 Å². The van der Waals surface area contributed by atoms with Gasteiger partial charge in [0.25, 0.3) is 0 Å². The first-order valence-electron chi connectivity index (χ1n) is 15.5. The number of nitrogens with zero attached hydrogens (tertiary/aromatic N) is 2. The molecule has 1 aromatic heterocycles. The van der Waals surface area contributed by atoms with Crippen LogP contribution in [0.25, 0.3) is 27.5 Å². The molecule has 0 atom stereocenters. The average Bonchev–Trinajstić information content (AvgIpc) is 3.39. The Balaban J connectivity index is 1.14. The molecule has 2 heterocycles. The number of aromatic nitrogens is 1. The minimum atomic E-state index is 0.199. The fraction of sp³-hybridized carbons (Fsp3) is 0.231. The minimum Gasteiger partial charge on any atom is -0.494 e. The van der Waals surface area contributed by atoms with Crippen molar-refractivity contribution in [3.8, 4) is 11.4 Å². The number of para-hydroxylation sites is 3. The summed E-state index contributed by atoms with van der Waals surface area (Å²) in [4.78, 5) is 2.29. The van der Waals surface area contributed by atoms with Crippen molar-refractivity contribution in [2.45, 2.75) is 19.8 Å². The highest BCUT2D eigenvalue weighted by atomic mass is 16.5. The highest BCUT2D eigenvalue weighted by Crippen LogP contribution is 2.38. The van der Waals surface area contributed by atoms with Gasteiger partial charge in [-0.2, -0.15) is 0 Å². The lowest BCUT2D eigenvalue weighted by molar-refractivity contribution is -0.138. The van der Waals surface area contributed by atoms with Crippen LogP contribution in [0.4, 0.5) is 17.1 Å². The first kappa shape index (κ1) is 28.2. The monoisotopic (exact) mass is 582 g/mol. The fourth-order valence-electron chi connectivity index (χ4n) is 6.06. The van der Waals surface area contributed by atoms with Crippen molar-refractivity contribution in [2.24, 2.45) is 5.41 Å². The molecule has 0 saturated carbocycles. The summed E-state index contributed by atoms with van der Waals surface area (Å²) in [5.74, 6) is 0.863. The lowest BCUT2D eigenvalue weighted by Crippen LogP contribution is -2.43. The first-order valence-corrected chi connectivity index (χ1v) is 15.5. The molecular weight excluding hydrogens is 544 g/mol. The number of benzene rings is 5. The predicted octanol–water partition coefficient (Wildman–Crippen LogP) is 9.47. The quantitative estimate of drug-likeness (QED) is 0.135. The summed E-state index contributed by atoms with van der Waals surface area (Å²) in [5.41, 5.74) is 6.93. The zero-order valence-corrected chi connectivity index (χ0v) is 25.2. The Morgan fingerprint density at radius 2 is 1.27 bits per heavy atom. The fourth-order valence-corrected chi connectivity index (χ4v) is 6.06. The van der Waals surface area contributed by atoms with Crippen LogP contribution in [0, 0.1) is 5.41 Å². The average molecular weight is 583 g/mol. The molecule has 1 aliphatic heterocycles. The third kappa shape index (κ3) is 5.81. The minimum absolute atomic E-state index is 0.199. The van der Waals surface area contributed by atoms with Crippen LogP contribution in [0.1, 0.15) is 19.8 Å². The second kappa shape index (κ2) is 12.6. The molecule has 1 fully saturated rings. The largest absolute Gasteiger partial charge is 0.494 e. The van der Waals surface area contributed by atoms with Crippen molar-refractivity contribution in [3.63, 3.8) is 0 Å². The van der Waals surface area contributed by atoms with Gasteiger partial charge in [0.2, 0.25) is 0 Å². The molecule has 0 spiro atoms. The van der Waals surface area contributed by atoms with Gasteiger partial charge in [0.15, 0.2) is 0 Å². The number of hydrogen-bond donors (Lipinski definition) is 0. The van der Waals surface area contributed by atoms with Crippen LogP contribution in [0.5, 0.6) is 5.75 Å². The molecule has 0 unspecified atom stereocenters. The molecular formula is C39H38N2O3. The molecule has 222 valence electrons. The van der Waals surface area contributed by atoms with Gasteiger partial charge in [0.05, 0.1) is 37.5 Å². The maximum atomic E-state index is 6.22. The number of anilines is 3. The van der Waals surface area contributed by atoms with Crippen LogP contribution in [0.2, 0.25) is 0 Å². The van der Waals surface area contributed by atoms with E-state index < -0.39 is 0 Å². The lowest BCUT2D eigenvalue weighted by atomic mass is 9.90. The molecule has 1 saturated heterocycles. The van der Waals surface area contributed by atoms with Crippen molar-refractivity contribution in [2.75, 3.05) is 37.9 Å². The highest BCUT2D eigenvalue weighted by Gasteiger charge is 2.33. The van der Waals surface area contributed by atoms with Gasteiger partial charge in [0, 0.05) is 51.6 Å². The first-order chi connectivity index (χ1) is 21.7. The van der Waals surface area contributed by atoms with Gasteiger partial charge in [-0.3, -0.25) is 0 Å². The Bertz CT molecular complexity index is 1810. The van der Waals surface area contributed by atoms with Gasteiger partial charge in [-0.05, 0) is 67.4 Å². The van der Waals surface area contributed by atoms with Gasteiger partial charge in [-0.1, -0.05) is 73.7 Å². The van der Waals surface area contributed by atoms with Gasteiger partial charge in [-0.15, -0.1) is 0 Å². The van der Waals surface area contributed by atoms with Crippen molar-refractivity contribution < 1.29 is 14.2 Å². The number of fused-ring (bicyclic) bond motifs is 3. The molecule has 0 N–H and O–H groups in total. The number of ether oxygens (including phenoxy) is 3. The molecule has 5 aromatic carbocycles. The highest BCUT2D eigenvalue weighted by molar-refractivity contribution is 6.09. The van der Waals surface area contributed by atoms with E-state index in [4.69, 9.17) is 14.2 Å². The van der Waals surface area contributed by atoms with E-state index in [0.717, 1.165) is 67.8 Å². The maximum Gasteiger partial charge on any atom is 0.121 e. The third-order valence-electron chi connectivity index (χ3n) is 8.32. The molecule has 0 aliphatic carbocycles. The lowest BCUT2D eigenvalue weighted by Gasteiger charge is -2.37. The number of rotatable bonds is 12. The van der Waals surface area contributed by atoms with E-state index in [0.29, 0.717) is 6.61 Å². The summed E-state index contributed by atoms with van der Waals surface area (Å²) < 4.78 is 19.8. The Labute approximate surface area is 259 Å². The van der Waals surface area contributed by atoms with Gasteiger partial charge >= 0.3 is 0 Å². The second-order valence-electron chi connectivity index (χ2n) is 12.0. The molecule has 5 nitrogen and oxygen atoms in total. The Hall–Kier alpha value is -4.58. The summed E-state index contributed by atoms with van der Waals surface area (Å²) in [5, 5.41) is 2.51. The van der Waals surface area contributed by atoms with E-state index in [1.807, 2.05) is 6.07 Å². The van der Waals surface area contributed by atoms with Crippen molar-refractivity contribution in [1.82, 2.24) is 4.57 Å². The van der Waals surface area contributed by atoms with Gasteiger partial charge in [0.1, 0.15) is 5.75 Å². The summed E-state index contributed by atoms with van der Waals surface area (Å²) in [7, 11) is 0. The van der Waals surface area contributed by atoms with Crippen LogP contribution < -0.4 is 9.64 Å². The standard InChI is InChI=1S/C39H38N2O3/c1-39(28-43-29-39)27-42-23-9-10-24-44-34-18-12-17-33(26-34)40(30-13-3-2-4-14-30)31-15-11-16-32(25-31)41-37-21-7-5-19-35(37)36-20-6-8-22-38(36)41/h2-8,11-22,25-26H,9-10,23-24,27-29H2,1H3. The van der Waals surface area contributed by atoms with E-state index in [1.54, 1.807) is 0 Å². The zero-order chi connectivity index (χ0) is 29.8. The molecule has 44 heavy (non-hydrogen) atoms. The Morgan fingerprint density at radius 3 is 1.98 bits per heavy atom. The van der Waals surface area contributed by atoms with Crippen molar-refractivity contribution >= 4 is 38.9 Å². The van der Waals surface area contributed by atoms with Crippen molar-refractivity contribution in [3.05, 3.63) is 127 Å². The summed E-state index contributed by atoms with van der Waals surface area (Å²) in [6.45, 7) is 5.99. The zero-order valence-electron chi connectivity index (χ0n) is 25.2. The Morgan fingerprint density at radius 1 is 0.659 bits per heavy atom. The van der Waals surface area contributed by atoms with E-state index in [2.05, 4.69) is 138 Å². The molecule has 1 aliphatic rings. The van der Waals surface area contributed by atoms with Gasteiger partial charge < -0.3 is 23.7 Å².